The first-order chi connectivity index (χ1) is 10.2. The molecule has 4 heteroatoms. The summed E-state index contributed by atoms with van der Waals surface area (Å²) in [7, 11) is 0. The molecule has 3 nitrogen and oxygen atoms in total. The van der Waals surface area contributed by atoms with Crippen LogP contribution in [0.25, 0.3) is 0 Å². The molecule has 2 aromatic rings. The van der Waals surface area contributed by atoms with Crippen molar-refractivity contribution in [3.05, 3.63) is 65.5 Å². The molecule has 0 saturated carbocycles. The van der Waals surface area contributed by atoms with Crippen molar-refractivity contribution in [1.82, 2.24) is 4.90 Å². The Morgan fingerprint density at radius 3 is 2.67 bits per heavy atom. The Bertz CT molecular complexity index is 657. The average molecular weight is 284 g/mol. The van der Waals surface area contributed by atoms with Gasteiger partial charge in [-0.3, -0.25) is 4.79 Å². The molecular formula is C17H17FN2O. The second-order valence-electron chi connectivity index (χ2n) is 5.35. The first kappa shape index (κ1) is 13.6. The molecule has 1 heterocycles. The summed E-state index contributed by atoms with van der Waals surface area (Å²) in [4.78, 5) is 14.2. The number of hydrogen-bond donors (Lipinski definition) is 1. The van der Waals surface area contributed by atoms with E-state index >= 15 is 0 Å². The fourth-order valence-electron chi connectivity index (χ4n) is 2.84. The average Bonchev–Trinajstić information content (AvgIpc) is 3.00. The fourth-order valence-corrected chi connectivity index (χ4v) is 2.84. The van der Waals surface area contributed by atoms with Gasteiger partial charge in [0.05, 0.1) is 11.3 Å². The van der Waals surface area contributed by atoms with E-state index in [9.17, 15) is 9.18 Å². The van der Waals surface area contributed by atoms with Crippen molar-refractivity contribution in [2.75, 3.05) is 18.8 Å². The van der Waals surface area contributed by atoms with Gasteiger partial charge in [-0.25, -0.2) is 4.39 Å². The molecule has 0 aromatic heterocycles. The number of rotatable bonds is 2. The summed E-state index contributed by atoms with van der Waals surface area (Å²) in [6, 6.07) is 14.5. The summed E-state index contributed by atoms with van der Waals surface area (Å²) < 4.78 is 13.5. The second kappa shape index (κ2) is 5.56. The Balaban J connectivity index is 1.77. The van der Waals surface area contributed by atoms with E-state index in [0.29, 0.717) is 19.0 Å². The summed E-state index contributed by atoms with van der Waals surface area (Å²) in [6.45, 7) is 1.33. The summed E-state index contributed by atoms with van der Waals surface area (Å²) in [5, 5.41) is 0. The van der Waals surface area contributed by atoms with Gasteiger partial charge in [-0.15, -0.1) is 0 Å². The van der Waals surface area contributed by atoms with Crippen molar-refractivity contribution < 1.29 is 9.18 Å². The van der Waals surface area contributed by atoms with E-state index in [1.165, 1.54) is 17.7 Å². The number of amides is 1. The van der Waals surface area contributed by atoms with Crippen LogP contribution in [0, 0.1) is 5.82 Å². The predicted molar refractivity (Wildman–Crippen MR) is 80.5 cm³/mol. The van der Waals surface area contributed by atoms with Gasteiger partial charge in [-0.2, -0.15) is 0 Å². The van der Waals surface area contributed by atoms with Crippen molar-refractivity contribution in [3.8, 4) is 0 Å². The van der Waals surface area contributed by atoms with Crippen molar-refractivity contribution in [1.29, 1.82) is 0 Å². The third-order valence-electron chi connectivity index (χ3n) is 4.03. The van der Waals surface area contributed by atoms with Gasteiger partial charge in [-0.05, 0) is 24.1 Å². The van der Waals surface area contributed by atoms with Gasteiger partial charge in [0.25, 0.3) is 5.91 Å². The highest BCUT2D eigenvalue weighted by atomic mass is 19.1. The van der Waals surface area contributed by atoms with Crippen molar-refractivity contribution in [2.45, 2.75) is 12.3 Å². The summed E-state index contributed by atoms with van der Waals surface area (Å²) in [6.07, 6.45) is 0.922. The van der Waals surface area contributed by atoms with E-state index < -0.39 is 5.82 Å². The molecule has 0 spiro atoms. The number of carbonyl (C=O) groups excluding carboxylic acids is 1. The van der Waals surface area contributed by atoms with Crippen LogP contribution in [0.2, 0.25) is 0 Å². The Hall–Kier alpha value is -2.36. The Morgan fingerprint density at radius 1 is 1.14 bits per heavy atom. The normalized spacial score (nSPS) is 18.0. The lowest BCUT2D eigenvalue weighted by Gasteiger charge is -2.18. The van der Waals surface area contributed by atoms with E-state index in [-0.39, 0.29) is 17.2 Å². The Labute approximate surface area is 123 Å². The number of nitrogen functional groups attached to an aromatic ring is 1. The Kier molecular flexibility index (Phi) is 3.60. The molecule has 2 N–H and O–H groups in total. The predicted octanol–water partition coefficient (Wildman–Crippen LogP) is 3.04. The summed E-state index contributed by atoms with van der Waals surface area (Å²) in [5.41, 5.74) is 7.10. The highest BCUT2D eigenvalue weighted by Crippen LogP contribution is 2.29. The minimum Gasteiger partial charge on any atom is -0.396 e. The molecule has 1 unspecified atom stereocenters. The number of hydrogen-bond acceptors (Lipinski definition) is 2. The highest BCUT2D eigenvalue weighted by molar-refractivity contribution is 5.99. The van der Waals surface area contributed by atoms with Crippen LogP contribution >= 0.6 is 0 Å². The van der Waals surface area contributed by atoms with Gasteiger partial charge in [0.1, 0.15) is 5.82 Å². The lowest BCUT2D eigenvalue weighted by atomic mass is 9.99. The van der Waals surface area contributed by atoms with Crippen LogP contribution in [-0.2, 0) is 0 Å². The fraction of sp³-hybridized carbons (Fsp3) is 0.235. The third-order valence-corrected chi connectivity index (χ3v) is 4.03. The largest absolute Gasteiger partial charge is 0.396 e. The van der Waals surface area contributed by atoms with Crippen LogP contribution in [0.1, 0.15) is 28.3 Å². The van der Waals surface area contributed by atoms with Gasteiger partial charge in [0.2, 0.25) is 0 Å². The molecule has 3 rings (SSSR count). The Morgan fingerprint density at radius 2 is 1.90 bits per heavy atom. The molecule has 1 atom stereocenters. The molecule has 1 aliphatic rings. The molecular weight excluding hydrogens is 267 g/mol. The van der Waals surface area contributed by atoms with Gasteiger partial charge >= 0.3 is 0 Å². The van der Waals surface area contributed by atoms with E-state index in [2.05, 4.69) is 12.1 Å². The molecule has 1 aliphatic heterocycles. The lowest BCUT2D eigenvalue weighted by molar-refractivity contribution is 0.0791. The van der Waals surface area contributed by atoms with Crippen LogP contribution in [-0.4, -0.2) is 23.9 Å². The minimum absolute atomic E-state index is 0.0642. The number of halogens is 1. The molecule has 0 radical (unpaired) electrons. The number of anilines is 1. The third kappa shape index (κ3) is 2.61. The smallest absolute Gasteiger partial charge is 0.256 e. The van der Waals surface area contributed by atoms with E-state index in [4.69, 9.17) is 5.73 Å². The molecule has 0 bridgehead atoms. The van der Waals surface area contributed by atoms with Crippen LogP contribution in [0.3, 0.4) is 0 Å². The molecule has 1 saturated heterocycles. The maximum absolute atomic E-state index is 13.5. The van der Waals surface area contributed by atoms with Crippen molar-refractivity contribution in [3.63, 3.8) is 0 Å². The number of benzene rings is 2. The maximum Gasteiger partial charge on any atom is 0.256 e. The zero-order valence-electron chi connectivity index (χ0n) is 11.6. The van der Waals surface area contributed by atoms with Gasteiger partial charge in [0, 0.05) is 19.0 Å². The standard InChI is InChI=1S/C17H17FN2O/c18-15-8-4-7-14(16(15)19)17(21)20-10-9-13(11-20)12-5-2-1-3-6-12/h1-8,13H,9-11,19H2. The molecule has 2 aromatic carbocycles. The zero-order chi connectivity index (χ0) is 14.8. The number of nitrogens with zero attached hydrogens (tertiary/aromatic N) is 1. The van der Waals surface area contributed by atoms with E-state index in [0.717, 1.165) is 6.42 Å². The number of nitrogens with two attached hydrogens (primary N) is 1. The first-order valence-electron chi connectivity index (χ1n) is 7.05. The van der Waals surface area contributed by atoms with Gasteiger partial charge in [0.15, 0.2) is 0 Å². The number of likely N-dealkylation sites (tertiary alicyclic amines) is 1. The molecule has 0 aliphatic carbocycles. The molecule has 1 amide bonds. The molecule has 108 valence electrons. The van der Waals surface area contributed by atoms with Crippen LogP contribution in [0.15, 0.2) is 48.5 Å². The van der Waals surface area contributed by atoms with Gasteiger partial charge < -0.3 is 10.6 Å². The number of carbonyl (C=O) groups is 1. The molecule has 1 fully saturated rings. The lowest BCUT2D eigenvalue weighted by Crippen LogP contribution is -2.29. The van der Waals surface area contributed by atoms with E-state index in [1.54, 1.807) is 11.0 Å². The topological polar surface area (TPSA) is 46.3 Å². The monoisotopic (exact) mass is 284 g/mol. The minimum atomic E-state index is -0.542. The zero-order valence-corrected chi connectivity index (χ0v) is 11.6. The van der Waals surface area contributed by atoms with Crippen molar-refractivity contribution >= 4 is 11.6 Å². The maximum atomic E-state index is 13.5. The molecule has 21 heavy (non-hydrogen) atoms. The van der Waals surface area contributed by atoms with Crippen LogP contribution in [0.4, 0.5) is 10.1 Å². The quantitative estimate of drug-likeness (QED) is 0.862. The first-order valence-corrected chi connectivity index (χ1v) is 7.05. The summed E-state index contributed by atoms with van der Waals surface area (Å²) in [5.74, 6) is -0.393. The SMILES string of the molecule is Nc1c(F)cccc1C(=O)N1CCC(c2ccccc2)C1. The highest BCUT2D eigenvalue weighted by Gasteiger charge is 2.29. The van der Waals surface area contributed by atoms with Crippen LogP contribution in [0.5, 0.6) is 0 Å². The van der Waals surface area contributed by atoms with Crippen molar-refractivity contribution in [2.24, 2.45) is 0 Å². The summed E-state index contributed by atoms with van der Waals surface area (Å²) >= 11 is 0. The second-order valence-corrected chi connectivity index (χ2v) is 5.35. The number of para-hydroxylation sites is 1. The van der Waals surface area contributed by atoms with Gasteiger partial charge in [-0.1, -0.05) is 36.4 Å². The van der Waals surface area contributed by atoms with Crippen LogP contribution < -0.4 is 5.73 Å². The van der Waals surface area contributed by atoms with E-state index in [1.807, 2.05) is 18.2 Å².